The van der Waals surface area contributed by atoms with Gasteiger partial charge >= 0.3 is 0 Å². The second-order valence-electron chi connectivity index (χ2n) is 2.23. The minimum atomic E-state index is -0.832. The van der Waals surface area contributed by atoms with Crippen LogP contribution in [0.4, 0.5) is 10.1 Å². The minimum Gasteiger partial charge on any atom is -0.282 e. The van der Waals surface area contributed by atoms with Crippen molar-refractivity contribution in [3.8, 4) is 0 Å². The minimum absolute atomic E-state index is 0.334. The maximum Gasteiger partial charge on any atom is 0.270 e. The van der Waals surface area contributed by atoms with Crippen LogP contribution in [0.1, 0.15) is 10.4 Å². The number of hydrogen-bond acceptors (Lipinski definition) is 3. The first-order valence-corrected chi connectivity index (χ1v) is 3.64. The van der Waals surface area contributed by atoms with Crippen LogP contribution < -0.4 is 0 Å². The summed E-state index contributed by atoms with van der Waals surface area (Å²) >= 11 is 3.37. The molecule has 4 nitrogen and oxygen atoms in total. The number of carbonyl (C=O) groups is 1. The van der Waals surface area contributed by atoms with Crippen LogP contribution in [-0.4, -0.2) is 10.0 Å². The molecule has 6 heteroatoms. The smallest absolute Gasteiger partial charge is 0.270 e. The van der Waals surface area contributed by atoms with Crippen molar-refractivity contribution in [1.29, 1.82) is 0 Å². The first-order chi connectivity index (χ1) is 6.02. The molecule has 0 unspecified atom stereocenters. The Hall–Kier alpha value is -1.43. The van der Waals surface area contributed by atoms with E-state index in [1.54, 1.807) is 0 Å². The van der Waals surface area contributed by atoms with Crippen LogP contribution in [0, 0.1) is 15.9 Å². The summed E-state index contributed by atoms with van der Waals surface area (Å²) < 4.78 is 12.8. The molecule has 0 radical (unpaired) electrons. The number of carbonyl (C=O) groups excluding carboxylic acids is 1. The Balaban J connectivity index is 3.27. The predicted octanol–water partition coefficient (Wildman–Crippen LogP) is 1.80. The average molecular weight is 201 g/mol. The van der Waals surface area contributed by atoms with Gasteiger partial charge in [-0.1, -0.05) is 0 Å². The summed E-state index contributed by atoms with van der Waals surface area (Å²) in [4.78, 5) is 20.2. The van der Waals surface area contributed by atoms with Crippen molar-refractivity contribution in [2.75, 3.05) is 0 Å². The monoisotopic (exact) mass is 201 g/mol. The van der Waals surface area contributed by atoms with Gasteiger partial charge in [0.1, 0.15) is 5.82 Å². The zero-order valence-electron chi connectivity index (χ0n) is 6.23. The van der Waals surface area contributed by atoms with Crippen LogP contribution >= 0.6 is 12.6 Å². The molecule has 0 bridgehead atoms. The molecule has 0 aliphatic carbocycles. The van der Waals surface area contributed by atoms with Crippen molar-refractivity contribution in [2.24, 2.45) is 0 Å². The van der Waals surface area contributed by atoms with Gasteiger partial charge in [-0.05, 0) is 6.07 Å². The lowest BCUT2D eigenvalue weighted by Crippen LogP contribution is -1.97. The Bertz CT molecular complexity index is 380. The molecule has 1 aromatic rings. The maximum atomic E-state index is 12.8. The zero-order chi connectivity index (χ0) is 10.0. The zero-order valence-corrected chi connectivity index (χ0v) is 7.12. The number of rotatable bonds is 2. The van der Waals surface area contributed by atoms with Crippen molar-refractivity contribution < 1.29 is 14.1 Å². The molecular weight excluding hydrogens is 197 g/mol. The van der Waals surface area contributed by atoms with E-state index < -0.39 is 21.4 Å². The molecule has 0 spiro atoms. The fourth-order valence-electron chi connectivity index (χ4n) is 0.791. The quantitative estimate of drug-likeness (QED) is 0.451. The first kappa shape index (κ1) is 9.66. The van der Waals surface area contributed by atoms with Crippen LogP contribution in [0.2, 0.25) is 0 Å². The van der Waals surface area contributed by atoms with E-state index in [0.717, 1.165) is 18.2 Å². The number of non-ortho nitro benzene ring substituents is 1. The predicted molar refractivity (Wildman–Crippen MR) is 46.4 cm³/mol. The molecule has 0 aliphatic heterocycles. The van der Waals surface area contributed by atoms with Crippen molar-refractivity contribution >= 4 is 23.4 Å². The summed E-state index contributed by atoms with van der Waals surface area (Å²) in [5, 5.41) is 9.40. The van der Waals surface area contributed by atoms with Crippen LogP contribution in [0.25, 0.3) is 0 Å². The Labute approximate surface area is 77.9 Å². The highest BCUT2D eigenvalue weighted by molar-refractivity contribution is 7.97. The lowest BCUT2D eigenvalue weighted by Gasteiger charge is -1.96. The van der Waals surface area contributed by atoms with Gasteiger partial charge in [0.25, 0.3) is 5.69 Å². The van der Waals surface area contributed by atoms with E-state index in [-0.39, 0.29) is 5.69 Å². The third-order valence-electron chi connectivity index (χ3n) is 1.39. The van der Waals surface area contributed by atoms with Gasteiger partial charge in [-0.15, -0.1) is 12.6 Å². The molecule has 68 valence electrons. The second-order valence-corrected chi connectivity index (χ2v) is 2.63. The van der Waals surface area contributed by atoms with Crippen LogP contribution in [0.3, 0.4) is 0 Å². The van der Waals surface area contributed by atoms with E-state index >= 15 is 0 Å². The third-order valence-corrected chi connectivity index (χ3v) is 1.63. The molecule has 1 aromatic carbocycles. The molecule has 1 rings (SSSR count). The number of benzene rings is 1. The van der Waals surface area contributed by atoms with Gasteiger partial charge < -0.3 is 0 Å². The van der Waals surface area contributed by atoms with Crippen LogP contribution in [-0.2, 0) is 0 Å². The van der Waals surface area contributed by atoms with Gasteiger partial charge in [-0.25, -0.2) is 4.39 Å². The summed E-state index contributed by atoms with van der Waals surface area (Å²) in [6, 6.07) is 2.70. The van der Waals surface area contributed by atoms with Crippen molar-refractivity contribution in [2.45, 2.75) is 0 Å². The van der Waals surface area contributed by atoms with Crippen LogP contribution in [0.5, 0.6) is 0 Å². The van der Waals surface area contributed by atoms with E-state index in [4.69, 9.17) is 0 Å². The van der Waals surface area contributed by atoms with Gasteiger partial charge in [0, 0.05) is 12.1 Å². The summed E-state index contributed by atoms with van der Waals surface area (Å²) in [5.41, 5.74) is -0.726. The molecule has 0 amide bonds. The fourth-order valence-corrected chi connectivity index (χ4v) is 0.962. The maximum absolute atomic E-state index is 12.8. The second kappa shape index (κ2) is 3.53. The molecule has 0 heterocycles. The molecule has 13 heavy (non-hydrogen) atoms. The van der Waals surface area contributed by atoms with Gasteiger partial charge in [0.15, 0.2) is 0 Å². The SMILES string of the molecule is O=C(S)c1cc([N+](=O)[O-])ccc1F. The highest BCUT2D eigenvalue weighted by atomic mass is 32.1. The molecular formula is C7H4FNO3S. The van der Waals surface area contributed by atoms with E-state index in [2.05, 4.69) is 12.6 Å². The molecule has 0 atom stereocenters. The average Bonchev–Trinajstić information content (AvgIpc) is 2.04. The number of hydrogen-bond donors (Lipinski definition) is 1. The van der Waals surface area contributed by atoms with Gasteiger partial charge in [0.05, 0.1) is 10.5 Å². The highest BCUT2D eigenvalue weighted by Crippen LogP contribution is 2.17. The topological polar surface area (TPSA) is 60.2 Å². The van der Waals surface area contributed by atoms with Gasteiger partial charge in [-0.2, -0.15) is 0 Å². The molecule has 0 aliphatic rings. The first-order valence-electron chi connectivity index (χ1n) is 3.19. The van der Waals surface area contributed by atoms with Gasteiger partial charge in [0.2, 0.25) is 5.12 Å². The normalized spacial score (nSPS) is 9.69. The highest BCUT2D eigenvalue weighted by Gasteiger charge is 2.13. The third kappa shape index (κ3) is 2.03. The van der Waals surface area contributed by atoms with E-state index in [1.807, 2.05) is 0 Å². The molecule has 0 saturated carbocycles. The summed E-state index contributed by atoms with van der Waals surface area (Å²) in [7, 11) is 0. The number of thiol groups is 1. The summed E-state index contributed by atoms with van der Waals surface area (Å²) in [5.74, 6) is -0.814. The summed E-state index contributed by atoms with van der Waals surface area (Å²) in [6.45, 7) is 0. The summed E-state index contributed by atoms with van der Waals surface area (Å²) in [6.07, 6.45) is 0. The molecule has 0 N–H and O–H groups in total. The van der Waals surface area contributed by atoms with E-state index in [9.17, 15) is 19.3 Å². The van der Waals surface area contributed by atoms with Crippen molar-refractivity contribution in [1.82, 2.24) is 0 Å². The Morgan fingerprint density at radius 2 is 2.15 bits per heavy atom. The van der Waals surface area contributed by atoms with Gasteiger partial charge in [-0.3, -0.25) is 14.9 Å². The molecule has 0 saturated heterocycles. The Morgan fingerprint density at radius 1 is 1.54 bits per heavy atom. The fraction of sp³-hybridized carbons (Fsp3) is 0. The Kier molecular flexibility index (Phi) is 2.62. The standard InChI is InChI=1S/C7H4FNO3S/c8-6-2-1-4(9(11)12)3-5(6)7(10)13/h1-3H,(H,10,13). The largest absolute Gasteiger partial charge is 0.282 e. The number of halogens is 1. The number of nitro benzene ring substituents is 1. The number of nitrogens with zero attached hydrogens (tertiary/aromatic N) is 1. The Morgan fingerprint density at radius 3 is 2.62 bits per heavy atom. The molecule has 0 fully saturated rings. The van der Waals surface area contributed by atoms with E-state index in [0.29, 0.717) is 0 Å². The van der Waals surface area contributed by atoms with Crippen molar-refractivity contribution in [3.63, 3.8) is 0 Å². The number of nitro groups is 1. The van der Waals surface area contributed by atoms with Crippen LogP contribution in [0.15, 0.2) is 18.2 Å². The van der Waals surface area contributed by atoms with Crippen molar-refractivity contribution in [3.05, 3.63) is 39.7 Å². The van der Waals surface area contributed by atoms with E-state index in [1.165, 1.54) is 0 Å². The molecule has 0 aromatic heterocycles. The lowest BCUT2D eigenvalue weighted by molar-refractivity contribution is -0.384. The lowest BCUT2D eigenvalue weighted by atomic mass is 10.2.